The molecule has 0 N–H and O–H groups in total. The molecule has 0 amide bonds. The van der Waals surface area contributed by atoms with Crippen LogP contribution in [0, 0.1) is 20.8 Å². The van der Waals surface area contributed by atoms with Gasteiger partial charge < -0.3 is 4.74 Å². The summed E-state index contributed by atoms with van der Waals surface area (Å²) in [5, 5.41) is 1.25. The molecule has 0 saturated carbocycles. The quantitative estimate of drug-likeness (QED) is 0.335. The normalized spacial score (nSPS) is 11.4. The summed E-state index contributed by atoms with van der Waals surface area (Å²) < 4.78 is 6.77. The number of carbonyl (C=O) groups excluding carboxylic acids is 1. The number of aryl methyl sites for hydroxylation is 3. The molecule has 0 radical (unpaired) electrons. The van der Waals surface area contributed by atoms with Gasteiger partial charge in [-0.25, -0.2) is 4.98 Å². The summed E-state index contributed by atoms with van der Waals surface area (Å²) in [6, 6.07) is 3.79. The van der Waals surface area contributed by atoms with Crippen LogP contribution in [0.4, 0.5) is 0 Å². The lowest BCUT2D eigenvalue weighted by Crippen LogP contribution is -2.25. The minimum atomic E-state index is -0.0594. The number of rotatable bonds is 7. The van der Waals surface area contributed by atoms with Crippen molar-refractivity contribution in [3.8, 4) is 0 Å². The van der Waals surface area contributed by atoms with Gasteiger partial charge in [-0.05, 0) is 38.5 Å². The molecule has 3 aromatic heterocycles. The van der Waals surface area contributed by atoms with Crippen molar-refractivity contribution in [3.05, 3.63) is 42.7 Å². The number of hydrogen-bond donors (Lipinski definition) is 0. The predicted octanol–water partition coefficient (Wildman–Crippen LogP) is 4.07. The highest BCUT2D eigenvalue weighted by Gasteiger charge is 2.18. The Bertz CT molecular complexity index is 1020. The van der Waals surface area contributed by atoms with Crippen molar-refractivity contribution in [2.24, 2.45) is 0 Å². The molecule has 3 heterocycles. The van der Waals surface area contributed by atoms with Crippen LogP contribution in [0.5, 0.6) is 0 Å². The van der Waals surface area contributed by atoms with Gasteiger partial charge in [0, 0.05) is 16.9 Å². The molecule has 3 rings (SSSR count). The number of aromatic nitrogens is 2. The van der Waals surface area contributed by atoms with Crippen LogP contribution in [0.1, 0.15) is 25.0 Å². The Labute approximate surface area is 164 Å². The van der Waals surface area contributed by atoms with E-state index in [0.717, 1.165) is 25.0 Å². The molecule has 0 spiro atoms. The van der Waals surface area contributed by atoms with E-state index in [9.17, 15) is 9.59 Å². The maximum absolute atomic E-state index is 13.0. The Morgan fingerprint density at radius 3 is 2.69 bits per heavy atom. The van der Waals surface area contributed by atoms with E-state index in [0.29, 0.717) is 23.7 Å². The van der Waals surface area contributed by atoms with Crippen LogP contribution < -0.4 is 5.56 Å². The van der Waals surface area contributed by atoms with E-state index in [1.54, 1.807) is 11.7 Å². The summed E-state index contributed by atoms with van der Waals surface area (Å²) in [7, 11) is 1.60. The fourth-order valence-corrected chi connectivity index (χ4v) is 5.46. The number of carbonyl (C=O) groups is 1. The van der Waals surface area contributed by atoms with E-state index in [-0.39, 0.29) is 17.1 Å². The highest BCUT2D eigenvalue weighted by atomic mass is 32.2. The third kappa shape index (κ3) is 3.78. The maximum atomic E-state index is 13.0. The van der Waals surface area contributed by atoms with E-state index in [4.69, 9.17) is 4.74 Å². The van der Waals surface area contributed by atoms with E-state index in [1.807, 2.05) is 32.9 Å². The third-order valence-corrected chi connectivity index (χ3v) is 7.24. The highest BCUT2D eigenvalue weighted by molar-refractivity contribution is 7.99. The smallest absolute Gasteiger partial charge is 0.263 e. The summed E-state index contributed by atoms with van der Waals surface area (Å²) >= 11 is 4.33. The van der Waals surface area contributed by atoms with E-state index >= 15 is 0 Å². The monoisotopic (exact) mass is 408 g/mol. The van der Waals surface area contributed by atoms with Crippen molar-refractivity contribution in [2.45, 2.75) is 32.5 Å². The number of hydrogen-bond acceptors (Lipinski definition) is 7. The molecule has 5 nitrogen and oxygen atoms in total. The lowest BCUT2D eigenvalue weighted by molar-refractivity contribution is 0.102. The largest absolute Gasteiger partial charge is 0.383 e. The van der Waals surface area contributed by atoms with Gasteiger partial charge >= 0.3 is 0 Å². The van der Waals surface area contributed by atoms with Crippen molar-refractivity contribution in [3.63, 3.8) is 0 Å². The number of Topliss-reactive ketones (excluding diaryl/α,β-unsaturated/α-hetero) is 1. The minimum absolute atomic E-state index is 0.0549. The van der Waals surface area contributed by atoms with Gasteiger partial charge in [-0.2, -0.15) is 0 Å². The van der Waals surface area contributed by atoms with Crippen molar-refractivity contribution in [1.29, 1.82) is 0 Å². The second kappa shape index (κ2) is 8.04. The summed E-state index contributed by atoms with van der Waals surface area (Å²) in [4.78, 5) is 33.8. The lowest BCUT2D eigenvalue weighted by Gasteiger charge is -2.11. The standard InChI is InChI=1S/C18H20N2O3S3/c1-10-5-6-14(25-10)13(21)9-24-18-19-16-15(11(2)12(3)26-16)17(22)20(18)7-8-23-4/h5-6H,7-9H2,1-4H3. The molecule has 0 bridgehead atoms. The van der Waals surface area contributed by atoms with Crippen molar-refractivity contribution < 1.29 is 9.53 Å². The van der Waals surface area contributed by atoms with Crippen LogP contribution in [-0.4, -0.2) is 34.8 Å². The summed E-state index contributed by atoms with van der Waals surface area (Å²) in [5.41, 5.74) is 0.922. The molecule has 0 aliphatic rings. The van der Waals surface area contributed by atoms with Crippen LogP contribution >= 0.6 is 34.4 Å². The molecular weight excluding hydrogens is 388 g/mol. The Hall–Kier alpha value is -1.48. The van der Waals surface area contributed by atoms with Gasteiger partial charge in [0.25, 0.3) is 5.56 Å². The first kappa shape index (κ1) is 19.3. The Morgan fingerprint density at radius 2 is 2.04 bits per heavy atom. The SMILES string of the molecule is COCCn1c(SCC(=O)c2ccc(C)s2)nc2sc(C)c(C)c2c1=O. The van der Waals surface area contributed by atoms with E-state index in [1.165, 1.54) is 34.4 Å². The first-order valence-electron chi connectivity index (χ1n) is 8.14. The molecule has 138 valence electrons. The van der Waals surface area contributed by atoms with Gasteiger partial charge in [-0.15, -0.1) is 22.7 Å². The van der Waals surface area contributed by atoms with E-state index < -0.39 is 0 Å². The molecule has 0 fully saturated rings. The van der Waals surface area contributed by atoms with Crippen LogP contribution in [-0.2, 0) is 11.3 Å². The van der Waals surface area contributed by atoms with Crippen molar-refractivity contribution in [1.82, 2.24) is 9.55 Å². The number of ketones is 1. The number of nitrogens with zero attached hydrogens (tertiary/aromatic N) is 2. The molecular formula is C18H20N2O3S3. The molecule has 0 aliphatic carbocycles. The van der Waals surface area contributed by atoms with Crippen molar-refractivity contribution in [2.75, 3.05) is 19.5 Å². The number of thioether (sulfide) groups is 1. The predicted molar refractivity (Wildman–Crippen MR) is 109 cm³/mol. The fourth-order valence-electron chi connectivity index (χ4n) is 2.58. The second-order valence-corrected chi connectivity index (χ2v) is 9.36. The number of methoxy groups -OCH3 is 1. The molecule has 0 aliphatic heterocycles. The summed E-state index contributed by atoms with van der Waals surface area (Å²) in [6.07, 6.45) is 0. The van der Waals surface area contributed by atoms with E-state index in [2.05, 4.69) is 4.98 Å². The Balaban J connectivity index is 1.95. The lowest BCUT2D eigenvalue weighted by atomic mass is 10.2. The average Bonchev–Trinajstić information content (AvgIpc) is 3.16. The summed E-state index contributed by atoms with van der Waals surface area (Å²) in [6.45, 7) is 6.76. The number of ether oxygens (including phenoxy) is 1. The van der Waals surface area contributed by atoms with Gasteiger partial charge in [0.2, 0.25) is 0 Å². The van der Waals surface area contributed by atoms with Crippen LogP contribution in [0.25, 0.3) is 10.2 Å². The molecule has 3 aromatic rings. The van der Waals surface area contributed by atoms with Crippen molar-refractivity contribution >= 4 is 50.4 Å². The molecule has 0 unspecified atom stereocenters. The molecule has 8 heteroatoms. The highest BCUT2D eigenvalue weighted by Crippen LogP contribution is 2.29. The second-order valence-electron chi connectivity index (χ2n) is 5.93. The zero-order valence-corrected chi connectivity index (χ0v) is 17.6. The van der Waals surface area contributed by atoms with Gasteiger partial charge in [-0.3, -0.25) is 14.2 Å². The number of fused-ring (bicyclic) bond motifs is 1. The van der Waals surface area contributed by atoms with Gasteiger partial charge in [0.1, 0.15) is 4.83 Å². The maximum Gasteiger partial charge on any atom is 0.263 e. The van der Waals surface area contributed by atoms with Crippen LogP contribution in [0.15, 0.2) is 22.1 Å². The minimum Gasteiger partial charge on any atom is -0.383 e. The molecule has 0 atom stereocenters. The topological polar surface area (TPSA) is 61.2 Å². The van der Waals surface area contributed by atoms with Crippen LogP contribution in [0.3, 0.4) is 0 Å². The fraction of sp³-hybridized carbons (Fsp3) is 0.389. The first-order chi connectivity index (χ1) is 12.4. The zero-order chi connectivity index (χ0) is 18.8. The first-order valence-corrected chi connectivity index (χ1v) is 10.8. The number of thiophene rings is 2. The zero-order valence-electron chi connectivity index (χ0n) is 15.1. The molecule has 26 heavy (non-hydrogen) atoms. The van der Waals surface area contributed by atoms with Gasteiger partial charge in [-0.1, -0.05) is 11.8 Å². The molecule has 0 saturated heterocycles. The van der Waals surface area contributed by atoms with Crippen LogP contribution in [0.2, 0.25) is 0 Å². The third-order valence-electron chi connectivity index (χ3n) is 4.12. The summed E-state index contributed by atoms with van der Waals surface area (Å²) in [5.74, 6) is 0.313. The van der Waals surface area contributed by atoms with Gasteiger partial charge in [0.15, 0.2) is 10.9 Å². The Morgan fingerprint density at radius 1 is 1.27 bits per heavy atom. The van der Waals surface area contributed by atoms with Gasteiger partial charge in [0.05, 0.1) is 29.2 Å². The average molecular weight is 409 g/mol. The molecule has 0 aromatic carbocycles. The Kier molecular flexibility index (Phi) is 5.96.